The Morgan fingerprint density at radius 3 is 2.00 bits per heavy atom. The molecular weight excluding hydrogens is 266 g/mol. The van der Waals surface area contributed by atoms with Crippen molar-refractivity contribution in [3.63, 3.8) is 0 Å². The van der Waals surface area contributed by atoms with E-state index in [2.05, 4.69) is 19.2 Å². The van der Waals surface area contributed by atoms with E-state index in [9.17, 15) is 9.59 Å². The van der Waals surface area contributed by atoms with E-state index in [0.29, 0.717) is 6.04 Å². The van der Waals surface area contributed by atoms with E-state index < -0.39 is 6.04 Å². The average Bonchev–Trinajstić information content (AvgIpc) is 2.38. The van der Waals surface area contributed by atoms with Gasteiger partial charge in [-0.1, -0.05) is 13.8 Å². The van der Waals surface area contributed by atoms with Crippen molar-refractivity contribution in [1.29, 1.82) is 0 Å². The quantitative estimate of drug-likeness (QED) is 0.810. The maximum Gasteiger partial charge on any atom is 0.237 e. The number of amides is 2. The highest BCUT2D eigenvalue weighted by atomic mass is 16.2. The molecule has 21 heavy (non-hydrogen) atoms. The highest BCUT2D eigenvalue weighted by Crippen LogP contribution is 2.25. The highest BCUT2D eigenvalue weighted by Gasteiger charge is 2.30. The molecule has 0 aromatic carbocycles. The molecule has 0 spiro atoms. The summed E-state index contributed by atoms with van der Waals surface area (Å²) >= 11 is 0. The van der Waals surface area contributed by atoms with Gasteiger partial charge in [-0.25, -0.2) is 0 Å². The number of hydrogen-bond acceptors (Lipinski definition) is 3. The van der Waals surface area contributed by atoms with Crippen molar-refractivity contribution >= 4 is 11.8 Å². The molecule has 0 aliphatic heterocycles. The molecule has 0 saturated heterocycles. The molecule has 0 aromatic rings. The second kappa shape index (κ2) is 7.78. The lowest BCUT2D eigenvalue weighted by Crippen LogP contribution is -2.51. The van der Waals surface area contributed by atoms with Gasteiger partial charge in [-0.2, -0.15) is 0 Å². The highest BCUT2D eigenvalue weighted by molar-refractivity contribution is 5.82. The molecule has 1 atom stereocenters. The van der Waals surface area contributed by atoms with Crippen LogP contribution in [0, 0.1) is 5.92 Å². The number of nitrogens with two attached hydrogens (primary N) is 1. The van der Waals surface area contributed by atoms with Gasteiger partial charge in [0.25, 0.3) is 0 Å². The summed E-state index contributed by atoms with van der Waals surface area (Å²) < 4.78 is 0. The van der Waals surface area contributed by atoms with E-state index in [1.165, 1.54) is 0 Å². The van der Waals surface area contributed by atoms with Crippen LogP contribution >= 0.6 is 0 Å². The van der Waals surface area contributed by atoms with Crippen LogP contribution in [-0.4, -0.2) is 40.9 Å². The van der Waals surface area contributed by atoms with E-state index in [1.54, 1.807) is 6.92 Å². The summed E-state index contributed by atoms with van der Waals surface area (Å²) in [6.45, 7) is 9.65. The van der Waals surface area contributed by atoms with Crippen LogP contribution in [0.25, 0.3) is 0 Å². The first-order chi connectivity index (χ1) is 9.73. The first kappa shape index (κ1) is 18.0. The smallest absolute Gasteiger partial charge is 0.237 e. The van der Waals surface area contributed by atoms with Gasteiger partial charge in [0.15, 0.2) is 0 Å². The number of carbonyl (C=O) groups is 2. The van der Waals surface area contributed by atoms with Gasteiger partial charge in [0.2, 0.25) is 11.8 Å². The summed E-state index contributed by atoms with van der Waals surface area (Å²) in [5, 5.41) is 3.05. The van der Waals surface area contributed by atoms with Crippen molar-refractivity contribution in [3.05, 3.63) is 0 Å². The second-order valence-electron chi connectivity index (χ2n) is 6.80. The summed E-state index contributed by atoms with van der Waals surface area (Å²) in [6.07, 6.45) is 3.72. The molecule has 5 heteroatoms. The lowest BCUT2D eigenvalue weighted by molar-refractivity contribution is -0.134. The Morgan fingerprint density at radius 1 is 1.10 bits per heavy atom. The summed E-state index contributed by atoms with van der Waals surface area (Å²) in [4.78, 5) is 25.7. The minimum Gasteiger partial charge on any atom is -0.352 e. The van der Waals surface area contributed by atoms with Crippen molar-refractivity contribution in [2.24, 2.45) is 11.7 Å². The summed E-state index contributed by atoms with van der Waals surface area (Å²) in [6, 6.07) is 0.286. The van der Waals surface area contributed by atoms with E-state index in [1.807, 2.05) is 18.7 Å². The molecule has 1 aliphatic carbocycles. The van der Waals surface area contributed by atoms with Gasteiger partial charge in [0.05, 0.1) is 6.04 Å². The zero-order chi connectivity index (χ0) is 16.2. The molecule has 1 unspecified atom stereocenters. The van der Waals surface area contributed by atoms with Gasteiger partial charge in [-0.15, -0.1) is 0 Å². The molecule has 0 radical (unpaired) electrons. The van der Waals surface area contributed by atoms with E-state index in [-0.39, 0.29) is 29.8 Å². The summed E-state index contributed by atoms with van der Waals surface area (Å²) in [7, 11) is 0. The van der Waals surface area contributed by atoms with Gasteiger partial charge in [0, 0.05) is 25.0 Å². The van der Waals surface area contributed by atoms with Gasteiger partial charge >= 0.3 is 0 Å². The molecule has 0 bridgehead atoms. The normalized spacial score (nSPS) is 24.0. The van der Waals surface area contributed by atoms with Gasteiger partial charge in [-0.05, 0) is 45.4 Å². The predicted octanol–water partition coefficient (Wildman–Crippen LogP) is 1.65. The lowest BCUT2D eigenvalue weighted by Gasteiger charge is -2.39. The molecule has 1 aliphatic rings. The average molecular weight is 297 g/mol. The molecule has 0 heterocycles. The zero-order valence-corrected chi connectivity index (χ0v) is 14.1. The van der Waals surface area contributed by atoms with Crippen molar-refractivity contribution in [2.45, 2.75) is 84.5 Å². The maximum absolute atomic E-state index is 12.0. The van der Waals surface area contributed by atoms with Crippen molar-refractivity contribution in [3.8, 4) is 0 Å². The minimum absolute atomic E-state index is 0.0549. The third-order valence-electron chi connectivity index (χ3n) is 4.38. The van der Waals surface area contributed by atoms with Gasteiger partial charge in [0.1, 0.15) is 0 Å². The Balaban J connectivity index is 2.49. The van der Waals surface area contributed by atoms with Gasteiger partial charge in [-0.3, -0.25) is 9.59 Å². The third-order valence-corrected chi connectivity index (χ3v) is 4.38. The fourth-order valence-electron chi connectivity index (χ4n) is 3.14. The zero-order valence-electron chi connectivity index (χ0n) is 14.1. The molecule has 1 fully saturated rings. The Kier molecular flexibility index (Phi) is 6.65. The van der Waals surface area contributed by atoms with Crippen LogP contribution in [0.15, 0.2) is 0 Å². The van der Waals surface area contributed by atoms with Gasteiger partial charge < -0.3 is 16.0 Å². The standard InChI is InChI=1S/C16H31N3O2/c1-10(2)15(17)16(21)18-13-6-8-14(9-7-13)19(11(3)4)12(5)20/h10-11,13-15H,6-9,17H2,1-5H3,(H,18,21). The van der Waals surface area contributed by atoms with E-state index >= 15 is 0 Å². The Labute approximate surface area is 128 Å². The second-order valence-corrected chi connectivity index (χ2v) is 6.80. The van der Waals surface area contributed by atoms with E-state index in [4.69, 9.17) is 5.73 Å². The van der Waals surface area contributed by atoms with Crippen molar-refractivity contribution in [2.75, 3.05) is 0 Å². The van der Waals surface area contributed by atoms with Crippen LogP contribution in [0.3, 0.4) is 0 Å². The number of nitrogens with one attached hydrogen (secondary N) is 1. The van der Waals surface area contributed by atoms with Crippen LogP contribution in [0.2, 0.25) is 0 Å². The Morgan fingerprint density at radius 2 is 1.62 bits per heavy atom. The van der Waals surface area contributed by atoms with Crippen molar-refractivity contribution in [1.82, 2.24) is 10.2 Å². The number of carbonyl (C=O) groups excluding carboxylic acids is 2. The summed E-state index contributed by atoms with van der Waals surface area (Å²) in [5.41, 5.74) is 5.87. The molecule has 0 aromatic heterocycles. The topological polar surface area (TPSA) is 75.4 Å². The number of nitrogens with zero attached hydrogens (tertiary/aromatic N) is 1. The first-order valence-electron chi connectivity index (χ1n) is 8.08. The van der Waals surface area contributed by atoms with Crippen LogP contribution in [0.1, 0.15) is 60.3 Å². The predicted molar refractivity (Wildman–Crippen MR) is 84.7 cm³/mol. The van der Waals surface area contributed by atoms with Crippen LogP contribution in [0.4, 0.5) is 0 Å². The number of rotatable bonds is 5. The first-order valence-corrected chi connectivity index (χ1v) is 8.08. The SMILES string of the molecule is CC(=O)N(C(C)C)C1CCC(NC(=O)C(N)C(C)C)CC1. The molecule has 3 N–H and O–H groups in total. The molecule has 122 valence electrons. The van der Waals surface area contributed by atoms with E-state index in [0.717, 1.165) is 25.7 Å². The molecular formula is C16H31N3O2. The molecule has 1 saturated carbocycles. The third kappa shape index (κ3) is 4.99. The van der Waals surface area contributed by atoms with Crippen LogP contribution in [-0.2, 0) is 9.59 Å². The Hall–Kier alpha value is -1.10. The molecule has 5 nitrogen and oxygen atoms in total. The lowest BCUT2D eigenvalue weighted by atomic mass is 9.89. The minimum atomic E-state index is -0.438. The molecule has 2 amide bonds. The van der Waals surface area contributed by atoms with Crippen LogP contribution < -0.4 is 11.1 Å². The fraction of sp³-hybridized carbons (Fsp3) is 0.875. The largest absolute Gasteiger partial charge is 0.352 e. The molecule has 1 rings (SSSR count). The Bertz CT molecular complexity index is 361. The summed E-state index contributed by atoms with van der Waals surface area (Å²) in [5.74, 6) is 0.232. The fourth-order valence-corrected chi connectivity index (χ4v) is 3.14. The number of hydrogen-bond donors (Lipinski definition) is 2. The maximum atomic E-state index is 12.0. The van der Waals surface area contributed by atoms with Crippen molar-refractivity contribution < 1.29 is 9.59 Å². The van der Waals surface area contributed by atoms with Crippen LogP contribution in [0.5, 0.6) is 0 Å². The monoisotopic (exact) mass is 297 g/mol.